The van der Waals surface area contributed by atoms with Gasteiger partial charge in [-0.25, -0.2) is 0 Å². The van der Waals surface area contributed by atoms with E-state index in [1.165, 1.54) is 3.93 Å². The zero-order valence-corrected chi connectivity index (χ0v) is 13.4. The van der Waals surface area contributed by atoms with E-state index in [0.29, 0.717) is 18.8 Å². The fraction of sp³-hybridized carbons (Fsp3) is 0.625. The summed E-state index contributed by atoms with van der Waals surface area (Å²) in [4.78, 5) is 3.92. The predicted molar refractivity (Wildman–Crippen MR) is 46.6 cm³/mol. The number of rotatable bonds is 5. The molecule has 1 rings (SSSR count). The summed E-state index contributed by atoms with van der Waals surface area (Å²) < 4.78 is 8.70. The first kappa shape index (κ1) is 11.0. The Labute approximate surface area is 94.4 Å². The molecule has 69 valence electrons. The van der Waals surface area contributed by atoms with Crippen LogP contribution in [0.1, 0.15) is 13.3 Å². The van der Waals surface area contributed by atoms with Crippen molar-refractivity contribution in [1.29, 1.82) is 0 Å². The van der Waals surface area contributed by atoms with Crippen molar-refractivity contribution in [2.75, 3.05) is 5.73 Å². The normalized spacial score (nSPS) is 13.2. The quantitative estimate of drug-likeness (QED) is 0.794. The van der Waals surface area contributed by atoms with Crippen LogP contribution in [0.5, 0.6) is 0 Å². The Morgan fingerprint density at radius 3 is 3.00 bits per heavy atom. The Bertz CT molecular complexity index is 247. The van der Waals surface area contributed by atoms with E-state index in [9.17, 15) is 0 Å². The summed E-state index contributed by atoms with van der Waals surface area (Å²) >= 11 is 0.809. The fourth-order valence-electron chi connectivity index (χ4n) is 1.04. The third kappa shape index (κ3) is 3.27. The Morgan fingerprint density at radius 1 is 1.77 bits per heavy atom. The summed E-state index contributed by atoms with van der Waals surface area (Å²) in [6, 6.07) is 0. The van der Waals surface area contributed by atoms with E-state index >= 15 is 0 Å². The molecule has 0 fully saturated rings. The van der Waals surface area contributed by atoms with Crippen LogP contribution in [-0.4, -0.2) is 15.7 Å². The van der Waals surface area contributed by atoms with Crippen LogP contribution < -0.4 is 5.73 Å². The van der Waals surface area contributed by atoms with Crippen molar-refractivity contribution in [3.05, 3.63) is 12.4 Å². The number of anilines is 1. The monoisotopic (exact) mass is 370 g/mol. The molecule has 0 bridgehead atoms. The molecule has 5 heteroatoms. The first-order chi connectivity index (χ1) is 6.27. The molecular formula is C8H14HgN3O. The number of imidazole rings is 1. The molecule has 0 aliphatic rings. The minimum atomic E-state index is 0.408. The molecule has 1 aromatic heterocycles. The minimum absolute atomic E-state index is 0.408. The summed E-state index contributed by atoms with van der Waals surface area (Å²) in [5.74, 6) is 0.521. The zero-order chi connectivity index (χ0) is 9.68. The van der Waals surface area contributed by atoms with Gasteiger partial charge in [-0.15, -0.1) is 0 Å². The molecule has 0 aliphatic carbocycles. The van der Waals surface area contributed by atoms with E-state index < -0.39 is 0 Å². The van der Waals surface area contributed by atoms with Crippen LogP contribution >= 0.6 is 0 Å². The molecule has 0 saturated heterocycles. The van der Waals surface area contributed by atoms with Crippen LogP contribution in [-0.2, 0) is 37.6 Å². The second-order valence-electron chi connectivity index (χ2n) is 2.87. The van der Waals surface area contributed by atoms with Gasteiger partial charge in [0.15, 0.2) is 0 Å². The first-order valence-corrected chi connectivity index (χ1v) is 8.34. The average molecular weight is 369 g/mol. The van der Waals surface area contributed by atoms with Crippen molar-refractivity contribution >= 4 is 5.95 Å². The molecule has 4 nitrogen and oxygen atoms in total. The Hall–Kier alpha value is -0.0949. The average Bonchev–Trinajstić information content (AvgIpc) is 2.54. The molecule has 2 N–H and O–H groups in total. The molecule has 1 aromatic rings. The Kier molecular flexibility index (Phi) is 4.73. The van der Waals surface area contributed by atoms with E-state index in [4.69, 9.17) is 10.5 Å². The van der Waals surface area contributed by atoms with Gasteiger partial charge in [0.25, 0.3) is 0 Å². The van der Waals surface area contributed by atoms with Crippen molar-refractivity contribution in [2.45, 2.75) is 30.1 Å². The maximum atomic E-state index is 5.66. The van der Waals surface area contributed by atoms with Gasteiger partial charge in [0.05, 0.1) is 0 Å². The van der Waals surface area contributed by atoms with Gasteiger partial charge in [-0.3, -0.25) is 0 Å². The van der Waals surface area contributed by atoms with Crippen LogP contribution in [0.2, 0.25) is 3.93 Å². The third-order valence-electron chi connectivity index (χ3n) is 1.97. The van der Waals surface area contributed by atoms with Gasteiger partial charge in [0, 0.05) is 0 Å². The van der Waals surface area contributed by atoms with E-state index in [0.717, 1.165) is 32.5 Å². The van der Waals surface area contributed by atoms with Crippen LogP contribution in [0.3, 0.4) is 0 Å². The Morgan fingerprint density at radius 2 is 2.54 bits per heavy atom. The second kappa shape index (κ2) is 5.60. The van der Waals surface area contributed by atoms with Crippen LogP contribution in [0.25, 0.3) is 0 Å². The summed E-state index contributed by atoms with van der Waals surface area (Å²) in [5.41, 5.74) is 5.59. The topological polar surface area (TPSA) is 53.1 Å². The van der Waals surface area contributed by atoms with Crippen molar-refractivity contribution in [3.8, 4) is 0 Å². The van der Waals surface area contributed by atoms with Crippen LogP contribution in [0.15, 0.2) is 12.4 Å². The molecule has 0 aromatic carbocycles. The summed E-state index contributed by atoms with van der Waals surface area (Å²) in [6.45, 7) is 2.68. The molecule has 0 saturated carbocycles. The second-order valence-corrected chi connectivity index (χ2v) is 5.11. The van der Waals surface area contributed by atoms with E-state index in [2.05, 4.69) is 11.9 Å². The van der Waals surface area contributed by atoms with Gasteiger partial charge in [-0.1, -0.05) is 0 Å². The van der Waals surface area contributed by atoms with Gasteiger partial charge >= 0.3 is 94.6 Å². The molecule has 0 spiro atoms. The summed E-state index contributed by atoms with van der Waals surface area (Å²) in [7, 11) is 0. The van der Waals surface area contributed by atoms with Gasteiger partial charge in [0.2, 0.25) is 0 Å². The number of hydrogen-bond acceptors (Lipinski definition) is 3. The maximum absolute atomic E-state index is 5.66. The third-order valence-corrected chi connectivity index (χ3v) is 4.48. The van der Waals surface area contributed by atoms with Gasteiger partial charge in [0.1, 0.15) is 0 Å². The Balaban J connectivity index is 2.38. The molecular weight excluding hydrogens is 355 g/mol. The number of aromatic nitrogens is 2. The van der Waals surface area contributed by atoms with Crippen molar-refractivity contribution < 1.29 is 30.9 Å². The predicted octanol–water partition coefficient (Wildman–Crippen LogP) is 1.18. The van der Waals surface area contributed by atoms with Crippen molar-refractivity contribution in [3.63, 3.8) is 0 Å². The molecule has 1 heterocycles. The zero-order valence-electron chi connectivity index (χ0n) is 7.94. The number of nitrogen functional groups attached to an aromatic ring is 1. The molecule has 13 heavy (non-hydrogen) atoms. The van der Waals surface area contributed by atoms with Gasteiger partial charge in [-0.05, 0) is 0 Å². The van der Waals surface area contributed by atoms with Crippen molar-refractivity contribution in [2.24, 2.45) is 0 Å². The summed E-state index contributed by atoms with van der Waals surface area (Å²) in [5, 5.41) is 0. The number of ether oxygens (including phenoxy) is 1. The van der Waals surface area contributed by atoms with Crippen LogP contribution in [0.4, 0.5) is 5.95 Å². The van der Waals surface area contributed by atoms with Crippen molar-refractivity contribution in [1.82, 2.24) is 9.55 Å². The number of hydrogen-bond donors (Lipinski definition) is 1. The SMILES string of the molecule is CCC([CH2][Hg])OCn1ccnc1N. The van der Waals surface area contributed by atoms with Gasteiger partial charge < -0.3 is 0 Å². The standard InChI is InChI=1S/C8H14N3O.Hg/c1-3-7(2)12-6-11-5-4-10-8(11)9;/h4-5,7H,2-3,6H2,1H3,(H2,9,10);. The number of nitrogens with two attached hydrogens (primary N) is 1. The van der Waals surface area contributed by atoms with Crippen LogP contribution in [0, 0.1) is 0 Å². The van der Waals surface area contributed by atoms with E-state index in [1.807, 2.05) is 10.8 Å². The van der Waals surface area contributed by atoms with Gasteiger partial charge in [-0.2, -0.15) is 0 Å². The number of nitrogens with zero attached hydrogens (tertiary/aromatic N) is 2. The van der Waals surface area contributed by atoms with E-state index in [-0.39, 0.29) is 0 Å². The molecule has 0 radical (unpaired) electrons. The molecule has 1 atom stereocenters. The summed E-state index contributed by atoms with van der Waals surface area (Å²) in [6.07, 6.45) is 5.01. The first-order valence-electron chi connectivity index (χ1n) is 4.45. The molecule has 1 unspecified atom stereocenters. The fourth-order valence-corrected chi connectivity index (χ4v) is 3.28. The van der Waals surface area contributed by atoms with E-state index in [1.54, 1.807) is 6.20 Å². The molecule has 0 amide bonds. The molecule has 0 aliphatic heterocycles.